The molecule has 0 radical (unpaired) electrons. The zero-order valence-electron chi connectivity index (χ0n) is 17.2. The van der Waals surface area contributed by atoms with Crippen LogP contribution in [-0.2, 0) is 16.9 Å². The Morgan fingerprint density at radius 3 is 2.73 bits per heavy atom. The highest BCUT2D eigenvalue weighted by atomic mass is 32.1. The monoisotopic (exact) mass is 433 g/mol. The lowest BCUT2D eigenvalue weighted by Crippen LogP contribution is -2.45. The van der Waals surface area contributed by atoms with E-state index in [1.807, 2.05) is 5.38 Å². The number of ether oxygens (including phenoxy) is 1. The molecule has 2 aliphatic rings. The van der Waals surface area contributed by atoms with Crippen molar-refractivity contribution in [2.45, 2.75) is 43.9 Å². The minimum absolute atomic E-state index is 0.130. The topological polar surface area (TPSA) is 65.9 Å². The summed E-state index contributed by atoms with van der Waals surface area (Å²) < 4.78 is 18.4. The number of aromatic nitrogens is 1. The summed E-state index contributed by atoms with van der Waals surface area (Å²) in [6, 6.07) is 6.02. The third-order valence-electron chi connectivity index (χ3n) is 6.19. The fraction of sp³-hybridized carbons (Fsp3) is 0.545. The second-order valence-electron chi connectivity index (χ2n) is 8.18. The molecule has 3 heterocycles. The molecule has 30 heavy (non-hydrogen) atoms. The molecule has 1 aromatic carbocycles. The first kappa shape index (κ1) is 21.4. The summed E-state index contributed by atoms with van der Waals surface area (Å²) in [5.74, 6) is -0.490. The molecular formula is C22H28FN3O3S. The number of halogens is 1. The minimum Gasteiger partial charge on any atom is -0.383 e. The van der Waals surface area contributed by atoms with Gasteiger partial charge in [0.15, 0.2) is 0 Å². The summed E-state index contributed by atoms with van der Waals surface area (Å²) in [6.07, 6.45) is 3.21. The largest absolute Gasteiger partial charge is 0.383 e. The normalized spacial score (nSPS) is 21.8. The van der Waals surface area contributed by atoms with Crippen molar-refractivity contribution in [1.29, 1.82) is 0 Å². The second kappa shape index (κ2) is 9.09. The predicted molar refractivity (Wildman–Crippen MR) is 113 cm³/mol. The zero-order chi connectivity index (χ0) is 21.1. The molecule has 2 aliphatic heterocycles. The van der Waals surface area contributed by atoms with E-state index >= 15 is 0 Å². The van der Waals surface area contributed by atoms with Crippen LogP contribution < -0.4 is 0 Å². The number of likely N-dealkylation sites (tertiary alicyclic amines) is 2. The molecule has 8 heteroatoms. The molecule has 1 amide bonds. The first-order valence-electron chi connectivity index (χ1n) is 10.4. The van der Waals surface area contributed by atoms with Crippen LogP contribution in [0, 0.1) is 5.82 Å². The number of piperidine rings is 1. The molecule has 0 saturated carbocycles. The minimum atomic E-state index is -1.01. The number of thiazole rings is 1. The lowest BCUT2D eigenvalue weighted by molar-refractivity contribution is -0.0241. The molecule has 1 N–H and O–H groups in total. The van der Waals surface area contributed by atoms with Crippen LogP contribution in [0.25, 0.3) is 0 Å². The molecule has 4 rings (SSSR count). The van der Waals surface area contributed by atoms with E-state index in [0.717, 1.165) is 31.1 Å². The molecular weight excluding hydrogens is 405 g/mol. The molecule has 162 valence electrons. The van der Waals surface area contributed by atoms with E-state index in [1.165, 1.54) is 30.7 Å². The molecule has 2 aromatic rings. The van der Waals surface area contributed by atoms with E-state index in [9.17, 15) is 14.3 Å². The van der Waals surface area contributed by atoms with Crippen molar-refractivity contribution < 1.29 is 19.0 Å². The summed E-state index contributed by atoms with van der Waals surface area (Å²) in [5.41, 5.74) is 0.165. The van der Waals surface area contributed by atoms with Crippen LogP contribution in [0.1, 0.15) is 46.7 Å². The van der Waals surface area contributed by atoms with Gasteiger partial charge in [0.1, 0.15) is 16.4 Å². The van der Waals surface area contributed by atoms with Crippen LogP contribution in [-0.4, -0.2) is 65.2 Å². The number of nitrogens with zero attached hydrogens (tertiary/aromatic N) is 3. The van der Waals surface area contributed by atoms with E-state index in [-0.39, 0.29) is 11.7 Å². The van der Waals surface area contributed by atoms with Crippen molar-refractivity contribution >= 4 is 17.2 Å². The smallest absolute Gasteiger partial charge is 0.253 e. The number of aliphatic hydroxyl groups is 1. The Hall–Kier alpha value is -1.87. The van der Waals surface area contributed by atoms with Gasteiger partial charge in [-0.25, -0.2) is 9.37 Å². The van der Waals surface area contributed by atoms with Gasteiger partial charge in [-0.1, -0.05) is 0 Å². The Labute approximate surface area is 180 Å². The molecule has 6 nitrogen and oxygen atoms in total. The van der Waals surface area contributed by atoms with Crippen LogP contribution in [0.2, 0.25) is 0 Å². The first-order valence-corrected chi connectivity index (χ1v) is 11.3. The van der Waals surface area contributed by atoms with E-state index in [1.54, 1.807) is 23.3 Å². The number of amides is 1. The summed E-state index contributed by atoms with van der Waals surface area (Å²) >= 11 is 1.58. The van der Waals surface area contributed by atoms with Gasteiger partial charge in [-0.15, -0.1) is 11.3 Å². The number of hydrogen-bond acceptors (Lipinski definition) is 6. The standard InChI is InChI=1S/C22H28FN3O3S/c1-29-14-18-3-2-10-26(18)13-20-24-19(15-30-20)22(28)8-11-25(12-9-22)21(27)16-4-6-17(23)7-5-16/h4-7,15,18,28H,2-3,8-14H2,1H3/t18-/m1/s1. The Morgan fingerprint density at radius 2 is 2.03 bits per heavy atom. The van der Waals surface area contributed by atoms with Crippen molar-refractivity contribution in [3.05, 3.63) is 51.7 Å². The maximum Gasteiger partial charge on any atom is 0.253 e. The second-order valence-corrected chi connectivity index (χ2v) is 9.12. The fourth-order valence-electron chi connectivity index (χ4n) is 4.37. The molecule has 0 spiro atoms. The van der Waals surface area contributed by atoms with Gasteiger partial charge in [0.25, 0.3) is 5.91 Å². The number of hydrogen-bond donors (Lipinski definition) is 1. The summed E-state index contributed by atoms with van der Waals surface area (Å²) in [5, 5.41) is 14.1. The summed E-state index contributed by atoms with van der Waals surface area (Å²) in [6.45, 7) is 3.46. The Kier molecular flexibility index (Phi) is 6.48. The van der Waals surface area contributed by atoms with Crippen LogP contribution in [0.5, 0.6) is 0 Å². The van der Waals surface area contributed by atoms with Gasteiger partial charge in [-0.3, -0.25) is 9.69 Å². The third kappa shape index (κ3) is 4.56. The van der Waals surface area contributed by atoms with Crippen molar-refractivity contribution in [2.75, 3.05) is 33.4 Å². The highest BCUT2D eigenvalue weighted by Gasteiger charge is 2.38. The molecule has 2 saturated heterocycles. The van der Waals surface area contributed by atoms with E-state index in [2.05, 4.69) is 4.90 Å². The van der Waals surface area contributed by atoms with Gasteiger partial charge in [0.05, 0.1) is 18.8 Å². The van der Waals surface area contributed by atoms with E-state index < -0.39 is 5.60 Å². The van der Waals surface area contributed by atoms with Crippen molar-refractivity contribution in [1.82, 2.24) is 14.8 Å². The lowest BCUT2D eigenvalue weighted by Gasteiger charge is -2.37. The lowest BCUT2D eigenvalue weighted by atomic mass is 9.88. The molecule has 0 unspecified atom stereocenters. The molecule has 0 aliphatic carbocycles. The van der Waals surface area contributed by atoms with E-state index in [0.29, 0.717) is 43.2 Å². The average Bonchev–Trinajstić information content (AvgIpc) is 3.40. The molecule has 1 atom stereocenters. The van der Waals surface area contributed by atoms with Gasteiger partial charge in [0, 0.05) is 37.2 Å². The van der Waals surface area contributed by atoms with Crippen molar-refractivity contribution in [2.24, 2.45) is 0 Å². The first-order chi connectivity index (χ1) is 14.5. The number of carbonyl (C=O) groups is 1. The Bertz CT molecular complexity index is 865. The molecule has 2 fully saturated rings. The number of benzene rings is 1. The van der Waals surface area contributed by atoms with Crippen molar-refractivity contribution in [3.63, 3.8) is 0 Å². The highest BCUT2D eigenvalue weighted by molar-refractivity contribution is 7.09. The number of carbonyl (C=O) groups excluding carboxylic acids is 1. The van der Waals surface area contributed by atoms with Gasteiger partial charge in [-0.2, -0.15) is 0 Å². The fourth-order valence-corrected chi connectivity index (χ4v) is 5.28. The summed E-state index contributed by atoms with van der Waals surface area (Å²) in [7, 11) is 1.74. The van der Waals surface area contributed by atoms with Gasteiger partial charge >= 0.3 is 0 Å². The SMILES string of the molecule is COC[C@H]1CCCN1Cc1nc(C2(O)CCN(C(=O)c3ccc(F)cc3)CC2)cs1. The Balaban J connectivity index is 1.36. The average molecular weight is 434 g/mol. The summed E-state index contributed by atoms with van der Waals surface area (Å²) in [4.78, 5) is 21.5. The zero-order valence-corrected chi connectivity index (χ0v) is 18.0. The van der Waals surface area contributed by atoms with Crippen molar-refractivity contribution in [3.8, 4) is 0 Å². The maximum atomic E-state index is 13.1. The van der Waals surface area contributed by atoms with Gasteiger partial charge in [-0.05, 0) is 56.5 Å². The Morgan fingerprint density at radius 1 is 1.30 bits per heavy atom. The number of rotatable bonds is 6. The number of methoxy groups -OCH3 is 1. The van der Waals surface area contributed by atoms with Crippen LogP contribution in [0.15, 0.2) is 29.6 Å². The molecule has 0 bridgehead atoms. The van der Waals surface area contributed by atoms with Gasteiger partial charge < -0.3 is 14.7 Å². The van der Waals surface area contributed by atoms with E-state index in [4.69, 9.17) is 9.72 Å². The quantitative estimate of drug-likeness (QED) is 0.759. The highest BCUT2D eigenvalue weighted by Crippen LogP contribution is 2.34. The van der Waals surface area contributed by atoms with Crippen LogP contribution in [0.4, 0.5) is 4.39 Å². The third-order valence-corrected chi connectivity index (χ3v) is 7.03. The van der Waals surface area contributed by atoms with Gasteiger partial charge in [0.2, 0.25) is 0 Å². The van der Waals surface area contributed by atoms with Crippen LogP contribution in [0.3, 0.4) is 0 Å². The van der Waals surface area contributed by atoms with Crippen LogP contribution >= 0.6 is 11.3 Å². The predicted octanol–water partition coefficient (Wildman–Crippen LogP) is 3.02. The maximum absolute atomic E-state index is 13.1. The molecule has 1 aromatic heterocycles.